The van der Waals surface area contributed by atoms with Gasteiger partial charge in [-0.25, -0.2) is 13.8 Å². The van der Waals surface area contributed by atoms with E-state index in [4.69, 9.17) is 16.3 Å². The largest absolute Gasteiger partial charge is 0.487 e. The van der Waals surface area contributed by atoms with Crippen molar-refractivity contribution in [1.29, 1.82) is 0 Å². The molecule has 0 fully saturated rings. The molecule has 4 bridgehead atoms. The van der Waals surface area contributed by atoms with E-state index >= 15 is 0 Å². The summed E-state index contributed by atoms with van der Waals surface area (Å²) in [5.41, 5.74) is 1.60. The van der Waals surface area contributed by atoms with Gasteiger partial charge in [-0.1, -0.05) is 25.8 Å². The molecule has 0 aliphatic rings. The molecule has 21 heavy (non-hydrogen) atoms. The van der Waals surface area contributed by atoms with Crippen LogP contribution in [0.2, 0.25) is 0 Å². The van der Waals surface area contributed by atoms with Gasteiger partial charge in [0.1, 0.15) is 12.4 Å². The zero-order chi connectivity index (χ0) is 15.2. The van der Waals surface area contributed by atoms with Gasteiger partial charge < -0.3 is 4.74 Å². The minimum Gasteiger partial charge on any atom is -0.487 e. The molecule has 0 radical (unpaired) electrons. The van der Waals surface area contributed by atoms with Gasteiger partial charge in [0, 0.05) is 22.7 Å². The lowest BCUT2D eigenvalue weighted by molar-refractivity contribution is 0.0827. The summed E-state index contributed by atoms with van der Waals surface area (Å²) in [4.78, 5) is 4.29. The molecule has 2 aromatic carbocycles. The van der Waals surface area contributed by atoms with Gasteiger partial charge in [-0.05, 0) is 18.6 Å². The minimum absolute atomic E-state index is 0.503. The van der Waals surface area contributed by atoms with Crippen molar-refractivity contribution in [1.82, 2.24) is 4.98 Å². The monoisotopic (exact) mass is 313 g/mol. The van der Waals surface area contributed by atoms with Crippen LogP contribution >= 0.6 is 11.6 Å². The SMILES string of the molecule is CCCCCCl.FC(F)COc1cc2nc3ccc2cc13. The molecule has 5 heteroatoms. The van der Waals surface area contributed by atoms with E-state index in [0.29, 0.717) is 5.75 Å². The van der Waals surface area contributed by atoms with Crippen LogP contribution in [0.15, 0.2) is 24.3 Å². The summed E-state index contributed by atoms with van der Waals surface area (Å²) in [6, 6.07) is 7.45. The molecule has 2 nitrogen and oxygen atoms in total. The summed E-state index contributed by atoms with van der Waals surface area (Å²) < 4.78 is 29.0. The fraction of sp³-hybridized carbons (Fsp3) is 0.438. The number of rotatable bonds is 6. The molecule has 0 atom stereocenters. The van der Waals surface area contributed by atoms with Crippen molar-refractivity contribution in [3.8, 4) is 5.75 Å². The first kappa shape index (κ1) is 16.0. The third-order valence-corrected chi connectivity index (χ3v) is 3.44. The van der Waals surface area contributed by atoms with E-state index in [-0.39, 0.29) is 0 Å². The van der Waals surface area contributed by atoms with Crippen LogP contribution in [0, 0.1) is 0 Å². The van der Waals surface area contributed by atoms with Crippen molar-refractivity contribution in [2.24, 2.45) is 0 Å². The van der Waals surface area contributed by atoms with E-state index < -0.39 is 13.0 Å². The van der Waals surface area contributed by atoms with Gasteiger partial charge in [0.15, 0.2) is 0 Å². The Bertz CT molecular complexity index is 642. The maximum Gasteiger partial charge on any atom is 0.272 e. The van der Waals surface area contributed by atoms with Crippen LogP contribution in [-0.4, -0.2) is 23.9 Å². The molecule has 0 amide bonds. The van der Waals surface area contributed by atoms with Gasteiger partial charge in [0.2, 0.25) is 0 Å². The van der Waals surface area contributed by atoms with Crippen molar-refractivity contribution in [3.05, 3.63) is 24.3 Å². The average Bonchev–Trinajstić information content (AvgIpc) is 2.51. The first-order chi connectivity index (χ1) is 10.2. The van der Waals surface area contributed by atoms with Crippen molar-refractivity contribution < 1.29 is 13.5 Å². The number of fused-ring (bicyclic) bond motifs is 2. The summed E-state index contributed by atoms with van der Waals surface area (Å²) in [5.74, 6) is 1.33. The number of hydrogen-bond acceptors (Lipinski definition) is 2. The first-order valence-electron chi connectivity index (χ1n) is 7.07. The molecule has 0 aliphatic heterocycles. The van der Waals surface area contributed by atoms with E-state index in [1.54, 1.807) is 6.07 Å². The van der Waals surface area contributed by atoms with E-state index in [1.165, 1.54) is 19.3 Å². The normalized spacial score (nSPS) is 11.3. The second kappa shape index (κ2) is 7.55. The van der Waals surface area contributed by atoms with Gasteiger partial charge in [-0.2, -0.15) is 0 Å². The number of benzene rings is 2. The second-order valence-electron chi connectivity index (χ2n) is 4.84. The smallest absolute Gasteiger partial charge is 0.272 e. The molecule has 0 unspecified atom stereocenters. The summed E-state index contributed by atoms with van der Waals surface area (Å²) >= 11 is 5.38. The van der Waals surface area contributed by atoms with E-state index in [1.807, 2.05) is 18.2 Å². The summed E-state index contributed by atoms with van der Waals surface area (Å²) in [7, 11) is 0. The fourth-order valence-electron chi connectivity index (χ4n) is 2.12. The Kier molecular flexibility index (Phi) is 5.74. The Balaban J connectivity index is 0.000000232. The van der Waals surface area contributed by atoms with Crippen LogP contribution < -0.4 is 4.74 Å². The van der Waals surface area contributed by atoms with Crippen molar-refractivity contribution >= 4 is 33.4 Å². The van der Waals surface area contributed by atoms with Crippen LogP contribution in [-0.2, 0) is 0 Å². The molecule has 0 N–H and O–H groups in total. The maximum absolute atomic E-state index is 12.0. The number of nitrogens with zero attached hydrogens (tertiary/aromatic N) is 1. The van der Waals surface area contributed by atoms with Crippen molar-refractivity contribution in [2.45, 2.75) is 32.6 Å². The summed E-state index contributed by atoms with van der Waals surface area (Å²) in [6.07, 6.45) is 1.29. The van der Waals surface area contributed by atoms with Crippen molar-refractivity contribution in [2.75, 3.05) is 12.5 Å². The molecule has 5 aromatic rings. The molecule has 0 spiro atoms. The molecule has 3 aromatic heterocycles. The molecule has 114 valence electrons. The highest BCUT2D eigenvalue weighted by Crippen LogP contribution is 2.33. The van der Waals surface area contributed by atoms with Crippen LogP contribution in [0.3, 0.4) is 0 Å². The molecular formula is C16H18ClF2NO. The lowest BCUT2D eigenvalue weighted by Crippen LogP contribution is -2.08. The summed E-state index contributed by atoms with van der Waals surface area (Å²) in [5, 5.41) is 1.83. The van der Waals surface area contributed by atoms with Gasteiger partial charge in [-0.15, -0.1) is 11.6 Å². The third-order valence-electron chi connectivity index (χ3n) is 3.17. The van der Waals surface area contributed by atoms with Gasteiger partial charge in [-0.3, -0.25) is 0 Å². The zero-order valence-electron chi connectivity index (χ0n) is 11.9. The van der Waals surface area contributed by atoms with Crippen LogP contribution in [0.5, 0.6) is 5.75 Å². The molecule has 0 saturated carbocycles. The minimum atomic E-state index is -2.45. The summed E-state index contributed by atoms with van der Waals surface area (Å²) in [6.45, 7) is 1.61. The van der Waals surface area contributed by atoms with Gasteiger partial charge in [0.05, 0.1) is 11.0 Å². The second-order valence-corrected chi connectivity index (χ2v) is 5.21. The lowest BCUT2D eigenvalue weighted by atomic mass is 10.1. The van der Waals surface area contributed by atoms with E-state index in [9.17, 15) is 8.78 Å². The molecule has 0 saturated heterocycles. The quantitative estimate of drug-likeness (QED) is 0.453. The Morgan fingerprint density at radius 2 is 2.00 bits per heavy atom. The van der Waals surface area contributed by atoms with E-state index in [2.05, 4.69) is 11.9 Å². The van der Waals surface area contributed by atoms with Gasteiger partial charge in [0.25, 0.3) is 6.43 Å². The molecular weight excluding hydrogens is 296 g/mol. The standard InChI is InChI=1S/C11H7F2NO.C5H11Cl/c12-11(13)5-15-10-4-9-6-1-2-8(14-9)7(10)3-6;1-2-3-4-5-6/h1-4,11H,5H2;2-5H2,1H3. The highest BCUT2D eigenvalue weighted by molar-refractivity contribution is 6.17. The number of unbranched alkanes of at least 4 members (excludes halogenated alkanes) is 2. The van der Waals surface area contributed by atoms with Gasteiger partial charge >= 0.3 is 0 Å². The van der Waals surface area contributed by atoms with Crippen LogP contribution in [0.25, 0.3) is 21.8 Å². The van der Waals surface area contributed by atoms with Crippen molar-refractivity contribution in [3.63, 3.8) is 0 Å². The number of aromatic nitrogens is 1. The Morgan fingerprint density at radius 3 is 2.48 bits per heavy atom. The number of hydrogen-bond donors (Lipinski definition) is 0. The first-order valence-corrected chi connectivity index (χ1v) is 7.61. The highest BCUT2D eigenvalue weighted by atomic mass is 35.5. The third kappa shape index (κ3) is 4.03. The van der Waals surface area contributed by atoms with Crippen LogP contribution in [0.4, 0.5) is 8.78 Å². The number of halogens is 3. The number of alkyl halides is 3. The number of pyridine rings is 3. The topological polar surface area (TPSA) is 22.1 Å². The molecule has 5 rings (SSSR count). The highest BCUT2D eigenvalue weighted by Gasteiger charge is 2.13. The van der Waals surface area contributed by atoms with Crippen LogP contribution in [0.1, 0.15) is 26.2 Å². The predicted octanol–water partition coefficient (Wildman–Crippen LogP) is 5.32. The Morgan fingerprint density at radius 1 is 1.19 bits per heavy atom. The van der Waals surface area contributed by atoms with E-state index in [0.717, 1.165) is 27.7 Å². The Hall–Kier alpha value is -1.42. The average molecular weight is 314 g/mol. The molecule has 3 heterocycles. The zero-order valence-corrected chi connectivity index (χ0v) is 12.7. The number of ether oxygens (including phenoxy) is 1. The Labute approximate surface area is 127 Å². The fourth-order valence-corrected chi connectivity index (χ4v) is 2.31. The molecule has 0 aliphatic carbocycles. The predicted molar refractivity (Wildman–Crippen MR) is 83.4 cm³/mol. The lowest BCUT2D eigenvalue weighted by Gasteiger charge is -2.13. The maximum atomic E-state index is 12.0.